The zero-order valence-corrected chi connectivity index (χ0v) is 11.7. The van der Waals surface area contributed by atoms with Gasteiger partial charge in [-0.2, -0.15) is 0 Å². The minimum absolute atomic E-state index is 0.679. The SMILES string of the molecule is CO[Si](CC(C)C)(OC)C1CCCCC1. The van der Waals surface area contributed by atoms with E-state index in [1.165, 1.54) is 32.1 Å². The van der Waals surface area contributed by atoms with Gasteiger partial charge in [0.1, 0.15) is 0 Å². The highest BCUT2D eigenvalue weighted by Gasteiger charge is 2.44. The molecule has 0 saturated heterocycles. The summed E-state index contributed by atoms with van der Waals surface area (Å²) < 4.78 is 11.7. The molecule has 0 aromatic heterocycles. The molecule has 90 valence electrons. The molecular weight excluding hydrogens is 204 g/mol. The van der Waals surface area contributed by atoms with Crippen LogP contribution in [0.25, 0.3) is 0 Å². The fourth-order valence-corrected chi connectivity index (χ4v) is 6.79. The molecule has 0 aromatic carbocycles. The zero-order chi connectivity index (χ0) is 11.3. The zero-order valence-electron chi connectivity index (χ0n) is 10.7. The maximum atomic E-state index is 5.85. The molecule has 0 aromatic rings. The number of hydrogen-bond acceptors (Lipinski definition) is 2. The van der Waals surface area contributed by atoms with Crippen molar-refractivity contribution in [1.82, 2.24) is 0 Å². The molecule has 1 rings (SSSR count). The molecule has 3 heteroatoms. The first-order chi connectivity index (χ1) is 7.14. The Labute approximate surface area is 95.6 Å². The highest BCUT2D eigenvalue weighted by molar-refractivity contribution is 6.69. The molecule has 0 heterocycles. The molecule has 2 nitrogen and oxygen atoms in total. The lowest BCUT2D eigenvalue weighted by Crippen LogP contribution is -2.46. The maximum Gasteiger partial charge on any atom is 0.341 e. The van der Waals surface area contributed by atoms with Crippen LogP contribution in [0.2, 0.25) is 11.6 Å². The molecule has 0 N–H and O–H groups in total. The lowest BCUT2D eigenvalue weighted by Gasteiger charge is -2.38. The van der Waals surface area contributed by atoms with Crippen molar-refractivity contribution in [3.05, 3.63) is 0 Å². The second kappa shape index (κ2) is 6.02. The van der Waals surface area contributed by atoms with Gasteiger partial charge in [0.15, 0.2) is 0 Å². The maximum absolute atomic E-state index is 5.85. The van der Waals surface area contributed by atoms with Crippen LogP contribution in [0.5, 0.6) is 0 Å². The van der Waals surface area contributed by atoms with Crippen LogP contribution in [-0.2, 0) is 8.85 Å². The van der Waals surface area contributed by atoms with E-state index >= 15 is 0 Å². The van der Waals surface area contributed by atoms with Crippen LogP contribution >= 0.6 is 0 Å². The summed E-state index contributed by atoms with van der Waals surface area (Å²) in [4.78, 5) is 0. The average Bonchev–Trinajstić information content (AvgIpc) is 2.27. The van der Waals surface area contributed by atoms with Gasteiger partial charge >= 0.3 is 8.56 Å². The average molecular weight is 230 g/mol. The van der Waals surface area contributed by atoms with Gasteiger partial charge in [-0.05, 0) is 24.8 Å². The molecular formula is C12H26O2Si. The fourth-order valence-electron chi connectivity index (χ4n) is 2.86. The van der Waals surface area contributed by atoms with Crippen molar-refractivity contribution in [1.29, 1.82) is 0 Å². The van der Waals surface area contributed by atoms with E-state index in [0.29, 0.717) is 5.92 Å². The largest absolute Gasteiger partial charge is 0.397 e. The van der Waals surface area contributed by atoms with Crippen LogP contribution in [-0.4, -0.2) is 22.8 Å². The Morgan fingerprint density at radius 1 is 1.07 bits per heavy atom. The van der Waals surface area contributed by atoms with Crippen molar-refractivity contribution in [3.63, 3.8) is 0 Å². The number of rotatable bonds is 5. The Morgan fingerprint density at radius 3 is 2.00 bits per heavy atom. The van der Waals surface area contributed by atoms with E-state index in [2.05, 4.69) is 13.8 Å². The first-order valence-electron chi connectivity index (χ1n) is 6.25. The van der Waals surface area contributed by atoms with Crippen LogP contribution < -0.4 is 0 Å². The lowest BCUT2D eigenvalue weighted by molar-refractivity contribution is 0.211. The predicted octanol–water partition coefficient (Wildman–Crippen LogP) is 3.71. The summed E-state index contributed by atoms with van der Waals surface area (Å²) in [7, 11) is 1.80. The Morgan fingerprint density at radius 2 is 1.60 bits per heavy atom. The highest BCUT2D eigenvalue weighted by atomic mass is 28.4. The second-order valence-corrected chi connectivity index (χ2v) is 8.82. The van der Waals surface area contributed by atoms with Crippen LogP contribution in [0.1, 0.15) is 46.0 Å². The molecule has 0 bridgehead atoms. The van der Waals surface area contributed by atoms with Gasteiger partial charge in [-0.3, -0.25) is 0 Å². The molecule has 0 aliphatic heterocycles. The quantitative estimate of drug-likeness (QED) is 0.670. The summed E-state index contributed by atoms with van der Waals surface area (Å²) in [5.41, 5.74) is 0.726. The van der Waals surface area contributed by atoms with E-state index in [0.717, 1.165) is 11.6 Å². The monoisotopic (exact) mass is 230 g/mol. The van der Waals surface area contributed by atoms with E-state index in [-0.39, 0.29) is 0 Å². The summed E-state index contributed by atoms with van der Waals surface area (Å²) in [5, 5.41) is 0. The van der Waals surface area contributed by atoms with Crippen LogP contribution in [0.4, 0.5) is 0 Å². The van der Waals surface area contributed by atoms with Gasteiger partial charge < -0.3 is 8.85 Å². The van der Waals surface area contributed by atoms with E-state index in [4.69, 9.17) is 8.85 Å². The summed E-state index contributed by atoms with van der Waals surface area (Å²) in [6.45, 7) is 4.53. The molecule has 0 radical (unpaired) electrons. The summed E-state index contributed by atoms with van der Waals surface area (Å²) >= 11 is 0. The first kappa shape index (κ1) is 13.2. The fraction of sp³-hybridized carbons (Fsp3) is 1.00. The normalized spacial score (nSPS) is 19.8. The highest BCUT2D eigenvalue weighted by Crippen LogP contribution is 2.40. The molecule has 1 aliphatic carbocycles. The van der Waals surface area contributed by atoms with Gasteiger partial charge in [0.2, 0.25) is 0 Å². The van der Waals surface area contributed by atoms with Crippen molar-refractivity contribution >= 4 is 8.56 Å². The Bertz CT molecular complexity index is 172. The summed E-state index contributed by atoms with van der Waals surface area (Å²) in [6.07, 6.45) is 6.77. The third-order valence-corrected chi connectivity index (χ3v) is 8.20. The molecule has 15 heavy (non-hydrogen) atoms. The molecule has 0 unspecified atom stereocenters. The van der Waals surface area contributed by atoms with E-state index in [1.54, 1.807) is 0 Å². The second-order valence-electron chi connectivity index (χ2n) is 5.15. The summed E-state index contributed by atoms with van der Waals surface area (Å²) in [5.74, 6) is 0.679. The Kier molecular flexibility index (Phi) is 5.30. The van der Waals surface area contributed by atoms with E-state index in [9.17, 15) is 0 Å². The third-order valence-electron chi connectivity index (χ3n) is 3.61. The van der Waals surface area contributed by atoms with E-state index < -0.39 is 8.56 Å². The smallest absolute Gasteiger partial charge is 0.341 e. The van der Waals surface area contributed by atoms with Gasteiger partial charge in [-0.1, -0.05) is 33.1 Å². The molecule has 1 aliphatic rings. The van der Waals surface area contributed by atoms with Gasteiger partial charge in [0.25, 0.3) is 0 Å². The topological polar surface area (TPSA) is 18.5 Å². The van der Waals surface area contributed by atoms with Crippen molar-refractivity contribution in [2.24, 2.45) is 5.92 Å². The van der Waals surface area contributed by atoms with Gasteiger partial charge in [-0.15, -0.1) is 0 Å². The molecule has 0 amide bonds. The molecule has 1 saturated carbocycles. The predicted molar refractivity (Wildman–Crippen MR) is 66.3 cm³/mol. The van der Waals surface area contributed by atoms with Crippen molar-refractivity contribution in [3.8, 4) is 0 Å². The first-order valence-corrected chi connectivity index (χ1v) is 8.35. The minimum Gasteiger partial charge on any atom is -0.397 e. The van der Waals surface area contributed by atoms with Gasteiger partial charge in [-0.25, -0.2) is 0 Å². The van der Waals surface area contributed by atoms with Crippen LogP contribution in [0.3, 0.4) is 0 Å². The molecule has 0 atom stereocenters. The van der Waals surface area contributed by atoms with Crippen molar-refractivity contribution in [2.45, 2.75) is 57.5 Å². The van der Waals surface area contributed by atoms with Gasteiger partial charge in [0, 0.05) is 19.8 Å². The van der Waals surface area contributed by atoms with Crippen molar-refractivity contribution in [2.75, 3.05) is 14.2 Å². The van der Waals surface area contributed by atoms with Crippen LogP contribution in [0.15, 0.2) is 0 Å². The third kappa shape index (κ3) is 3.30. The standard InChI is InChI=1S/C12H26O2Si/c1-11(2)10-15(13-3,14-4)12-8-6-5-7-9-12/h11-12H,5-10H2,1-4H3. The summed E-state index contributed by atoms with van der Waals surface area (Å²) in [6, 6.07) is 1.14. The van der Waals surface area contributed by atoms with Gasteiger partial charge in [0.05, 0.1) is 0 Å². The molecule has 1 fully saturated rings. The Hall–Kier alpha value is 0.137. The molecule has 0 spiro atoms. The van der Waals surface area contributed by atoms with E-state index in [1.807, 2.05) is 14.2 Å². The minimum atomic E-state index is -1.91. The lowest BCUT2D eigenvalue weighted by atomic mass is 10.0. The Balaban J connectivity index is 2.68. The van der Waals surface area contributed by atoms with Crippen molar-refractivity contribution < 1.29 is 8.85 Å². The van der Waals surface area contributed by atoms with Crippen LogP contribution in [0, 0.1) is 5.92 Å². The number of hydrogen-bond donors (Lipinski definition) is 0.